The Labute approximate surface area is 201 Å². The third kappa shape index (κ3) is 5.06. The van der Waals surface area contributed by atoms with Crippen LogP contribution in [-0.2, 0) is 16.0 Å². The SMILES string of the molecule is COCCCOc1cc2c(cc1-c1cnsc1)-c1cc(=O)c(C(=O)O)cn1C[C@@H]2COC(C)C. The van der Waals surface area contributed by atoms with Crippen LogP contribution in [0.25, 0.3) is 22.4 Å². The van der Waals surface area contributed by atoms with E-state index in [1.54, 1.807) is 13.3 Å². The molecular formula is C25H28N2O6S. The van der Waals surface area contributed by atoms with E-state index in [9.17, 15) is 14.7 Å². The van der Waals surface area contributed by atoms with Gasteiger partial charge >= 0.3 is 5.97 Å². The van der Waals surface area contributed by atoms with E-state index in [1.165, 1.54) is 23.8 Å². The van der Waals surface area contributed by atoms with Crippen molar-refractivity contribution >= 4 is 17.5 Å². The van der Waals surface area contributed by atoms with E-state index in [0.717, 1.165) is 34.4 Å². The lowest BCUT2D eigenvalue weighted by molar-refractivity contribution is 0.0636. The number of hydrogen-bond acceptors (Lipinski definition) is 7. The highest BCUT2D eigenvalue weighted by Crippen LogP contribution is 2.43. The number of methoxy groups -OCH3 is 1. The lowest BCUT2D eigenvalue weighted by Gasteiger charge is -2.31. The molecule has 0 unspecified atom stereocenters. The van der Waals surface area contributed by atoms with E-state index < -0.39 is 11.4 Å². The minimum absolute atomic E-state index is 0.0370. The number of nitrogens with zero attached hydrogens (tertiary/aromatic N) is 2. The molecule has 0 saturated heterocycles. The normalized spacial score (nSPS) is 14.6. The van der Waals surface area contributed by atoms with Gasteiger partial charge in [-0.1, -0.05) is 0 Å². The fourth-order valence-electron chi connectivity index (χ4n) is 4.13. The average Bonchev–Trinajstić information content (AvgIpc) is 3.34. The largest absolute Gasteiger partial charge is 0.493 e. The number of carboxylic acids is 1. The van der Waals surface area contributed by atoms with Crippen molar-refractivity contribution in [1.29, 1.82) is 0 Å². The number of ether oxygens (including phenoxy) is 3. The van der Waals surface area contributed by atoms with Crippen molar-refractivity contribution in [1.82, 2.24) is 8.94 Å². The lowest BCUT2D eigenvalue weighted by Crippen LogP contribution is -2.27. The minimum atomic E-state index is -1.23. The van der Waals surface area contributed by atoms with E-state index >= 15 is 0 Å². The molecule has 3 heterocycles. The second-order valence-corrected chi connectivity index (χ2v) is 9.17. The van der Waals surface area contributed by atoms with E-state index in [1.807, 2.05) is 35.9 Å². The summed E-state index contributed by atoms with van der Waals surface area (Å²) < 4.78 is 23.4. The van der Waals surface area contributed by atoms with Crippen molar-refractivity contribution in [3.63, 3.8) is 0 Å². The molecule has 0 aliphatic carbocycles. The summed E-state index contributed by atoms with van der Waals surface area (Å²) in [5, 5.41) is 11.4. The highest BCUT2D eigenvalue weighted by atomic mass is 32.1. The molecule has 0 amide bonds. The second-order valence-electron chi connectivity index (χ2n) is 8.52. The first kappa shape index (κ1) is 24.1. The maximum atomic E-state index is 12.6. The molecule has 1 aliphatic rings. The number of fused-ring (bicyclic) bond motifs is 3. The minimum Gasteiger partial charge on any atom is -0.493 e. The third-order valence-corrected chi connectivity index (χ3v) is 6.35. The summed E-state index contributed by atoms with van der Waals surface area (Å²) in [6.45, 7) is 6.02. The van der Waals surface area contributed by atoms with Gasteiger partial charge in [-0.05, 0) is 43.1 Å². The van der Waals surface area contributed by atoms with Crippen LogP contribution in [0.3, 0.4) is 0 Å². The topological polar surface area (TPSA) is 99.9 Å². The summed E-state index contributed by atoms with van der Waals surface area (Å²) in [4.78, 5) is 24.1. The van der Waals surface area contributed by atoms with Gasteiger partial charge in [0.2, 0.25) is 0 Å². The summed E-state index contributed by atoms with van der Waals surface area (Å²) in [6, 6.07) is 5.46. The van der Waals surface area contributed by atoms with Crippen LogP contribution in [0, 0.1) is 0 Å². The molecule has 0 bridgehead atoms. The molecule has 2 aromatic heterocycles. The predicted molar refractivity (Wildman–Crippen MR) is 130 cm³/mol. The average molecular weight is 485 g/mol. The molecule has 0 saturated carbocycles. The van der Waals surface area contributed by atoms with Gasteiger partial charge in [0.1, 0.15) is 11.3 Å². The van der Waals surface area contributed by atoms with Crippen LogP contribution in [0.5, 0.6) is 5.75 Å². The summed E-state index contributed by atoms with van der Waals surface area (Å²) in [5.74, 6) is -0.529. The molecule has 8 nitrogen and oxygen atoms in total. The van der Waals surface area contributed by atoms with Crippen molar-refractivity contribution in [2.24, 2.45) is 0 Å². The van der Waals surface area contributed by atoms with Gasteiger partial charge in [-0.2, -0.15) is 0 Å². The van der Waals surface area contributed by atoms with Crippen LogP contribution < -0.4 is 10.2 Å². The molecule has 1 aromatic carbocycles. The standard InChI is InChI=1S/C25H28N2O6S/c1-15(2)33-13-17-11-27-12-21(25(29)30)23(28)9-22(27)20-7-19(16-10-26-34-14-16)24(8-18(17)20)32-6-4-5-31-3/h7-10,12,14-15,17H,4-6,11,13H2,1-3H3,(H,29,30)/t17-/m1/s1. The first-order chi connectivity index (χ1) is 16.4. The van der Waals surface area contributed by atoms with Crippen LogP contribution in [0.15, 0.2) is 40.8 Å². The first-order valence-electron chi connectivity index (χ1n) is 11.2. The molecular weight excluding hydrogens is 456 g/mol. The maximum Gasteiger partial charge on any atom is 0.341 e. The molecule has 4 rings (SSSR count). The summed E-state index contributed by atoms with van der Waals surface area (Å²) >= 11 is 1.35. The summed E-state index contributed by atoms with van der Waals surface area (Å²) in [7, 11) is 1.66. The zero-order valence-corrected chi connectivity index (χ0v) is 20.3. The number of aromatic carboxylic acids is 1. The Kier molecular flexibility index (Phi) is 7.45. The smallest absolute Gasteiger partial charge is 0.341 e. The van der Waals surface area contributed by atoms with Gasteiger partial charge in [-0.25, -0.2) is 9.17 Å². The van der Waals surface area contributed by atoms with Crippen molar-refractivity contribution in [2.45, 2.75) is 38.8 Å². The number of rotatable bonds is 10. The van der Waals surface area contributed by atoms with Gasteiger partial charge in [-0.15, -0.1) is 0 Å². The van der Waals surface area contributed by atoms with Crippen molar-refractivity contribution in [3.05, 3.63) is 57.3 Å². The molecule has 0 fully saturated rings. The molecule has 1 aliphatic heterocycles. The Hall–Kier alpha value is -3.01. The van der Waals surface area contributed by atoms with E-state index in [2.05, 4.69) is 4.37 Å². The fraction of sp³-hybridized carbons (Fsp3) is 0.400. The predicted octanol–water partition coefficient (Wildman–Crippen LogP) is 4.27. The molecule has 0 spiro atoms. The molecule has 34 heavy (non-hydrogen) atoms. The Morgan fingerprint density at radius 2 is 2.09 bits per heavy atom. The van der Waals surface area contributed by atoms with E-state index in [0.29, 0.717) is 32.1 Å². The molecule has 1 N–H and O–H groups in total. The van der Waals surface area contributed by atoms with Crippen molar-refractivity contribution in [3.8, 4) is 28.1 Å². The van der Waals surface area contributed by atoms with Gasteiger partial charge in [0, 0.05) is 73.1 Å². The number of pyridine rings is 1. The molecule has 180 valence electrons. The fourth-order valence-corrected chi connectivity index (χ4v) is 4.66. The van der Waals surface area contributed by atoms with Gasteiger partial charge < -0.3 is 23.9 Å². The zero-order chi connectivity index (χ0) is 24.2. The van der Waals surface area contributed by atoms with Gasteiger partial charge in [0.25, 0.3) is 0 Å². The maximum absolute atomic E-state index is 12.6. The van der Waals surface area contributed by atoms with E-state index in [4.69, 9.17) is 14.2 Å². The zero-order valence-electron chi connectivity index (χ0n) is 19.4. The van der Waals surface area contributed by atoms with Gasteiger partial charge in [0.15, 0.2) is 5.43 Å². The van der Waals surface area contributed by atoms with Crippen molar-refractivity contribution < 1.29 is 24.1 Å². The second kappa shape index (κ2) is 10.5. The van der Waals surface area contributed by atoms with Crippen LogP contribution in [-0.4, -0.2) is 53.1 Å². The summed E-state index contributed by atoms with van der Waals surface area (Å²) in [5.41, 5.74) is 3.60. The lowest BCUT2D eigenvalue weighted by atomic mass is 9.86. The summed E-state index contributed by atoms with van der Waals surface area (Å²) in [6.07, 6.45) is 4.03. The van der Waals surface area contributed by atoms with Crippen LogP contribution in [0.1, 0.15) is 42.1 Å². The molecule has 3 aromatic rings. The van der Waals surface area contributed by atoms with Crippen molar-refractivity contribution in [2.75, 3.05) is 26.9 Å². The van der Waals surface area contributed by atoms with Gasteiger partial charge in [0.05, 0.1) is 25.0 Å². The van der Waals surface area contributed by atoms with Gasteiger partial charge in [-0.3, -0.25) is 4.79 Å². The molecule has 1 atom stereocenters. The Balaban J connectivity index is 1.86. The van der Waals surface area contributed by atoms with Crippen LogP contribution in [0.2, 0.25) is 0 Å². The molecule has 9 heteroatoms. The van der Waals surface area contributed by atoms with Crippen LogP contribution in [0.4, 0.5) is 0 Å². The number of aromatic nitrogens is 2. The first-order valence-corrected chi connectivity index (χ1v) is 12.0. The van der Waals surface area contributed by atoms with E-state index in [-0.39, 0.29) is 17.6 Å². The Morgan fingerprint density at radius 1 is 1.26 bits per heavy atom. The number of carboxylic acid groups (broad SMARTS) is 1. The third-order valence-electron chi connectivity index (χ3n) is 5.77. The Bertz CT molecular complexity index is 1220. The molecule has 0 radical (unpaired) electrons. The number of carbonyl (C=O) groups is 1. The quantitative estimate of drug-likeness (QED) is 0.429. The number of benzene rings is 1. The highest BCUT2D eigenvalue weighted by molar-refractivity contribution is 7.03. The number of hydrogen-bond donors (Lipinski definition) is 1. The highest BCUT2D eigenvalue weighted by Gasteiger charge is 2.29. The van der Waals surface area contributed by atoms with Crippen LogP contribution >= 0.6 is 11.5 Å². The Morgan fingerprint density at radius 3 is 2.76 bits per heavy atom. The monoisotopic (exact) mass is 484 g/mol.